The Morgan fingerprint density at radius 1 is 1.50 bits per heavy atom. The van der Waals surface area contributed by atoms with Gasteiger partial charge in [-0.3, -0.25) is 0 Å². The van der Waals surface area contributed by atoms with Crippen molar-refractivity contribution in [2.24, 2.45) is 0 Å². The standard InChI is InChI=1S/C13H21N3/c1-5-14-9(2)11-8-15-12(16-10(11)3)13(4)6-7-13/h8-9,14H,5-7H2,1-4H3. The SMILES string of the molecule is CCNC(C)c1cnc(C2(C)CC2)nc1C. The van der Waals surface area contributed by atoms with Gasteiger partial charge >= 0.3 is 0 Å². The van der Waals surface area contributed by atoms with Crippen LogP contribution < -0.4 is 5.32 Å². The molecule has 0 aromatic carbocycles. The number of hydrogen-bond donors (Lipinski definition) is 1. The second-order valence-electron chi connectivity index (χ2n) is 5.07. The molecule has 1 heterocycles. The number of nitrogens with one attached hydrogen (secondary N) is 1. The lowest BCUT2D eigenvalue weighted by molar-refractivity contribution is 0.584. The first-order chi connectivity index (χ1) is 7.57. The van der Waals surface area contributed by atoms with Gasteiger partial charge in [-0.1, -0.05) is 13.8 Å². The van der Waals surface area contributed by atoms with E-state index in [4.69, 9.17) is 0 Å². The van der Waals surface area contributed by atoms with E-state index < -0.39 is 0 Å². The van der Waals surface area contributed by atoms with Gasteiger partial charge in [0.1, 0.15) is 5.82 Å². The molecule has 1 atom stereocenters. The Bertz CT molecular complexity index is 383. The van der Waals surface area contributed by atoms with Crippen LogP contribution >= 0.6 is 0 Å². The first kappa shape index (κ1) is 11.5. The number of nitrogens with zero attached hydrogens (tertiary/aromatic N) is 2. The molecule has 16 heavy (non-hydrogen) atoms. The number of aromatic nitrogens is 2. The molecule has 0 spiro atoms. The van der Waals surface area contributed by atoms with Crippen molar-refractivity contribution < 1.29 is 0 Å². The molecule has 1 aromatic heterocycles. The maximum Gasteiger partial charge on any atom is 0.134 e. The lowest BCUT2D eigenvalue weighted by Gasteiger charge is -2.16. The third-order valence-electron chi connectivity index (χ3n) is 3.53. The zero-order valence-electron chi connectivity index (χ0n) is 10.7. The Balaban J connectivity index is 2.23. The largest absolute Gasteiger partial charge is 0.310 e. The molecule has 1 aromatic rings. The van der Waals surface area contributed by atoms with Gasteiger partial charge in [-0.25, -0.2) is 9.97 Å². The lowest BCUT2D eigenvalue weighted by Crippen LogP contribution is -2.20. The van der Waals surface area contributed by atoms with Crippen molar-refractivity contribution in [1.29, 1.82) is 0 Å². The fourth-order valence-electron chi connectivity index (χ4n) is 2.02. The van der Waals surface area contributed by atoms with Gasteiger partial charge in [-0.15, -0.1) is 0 Å². The first-order valence-corrected chi connectivity index (χ1v) is 6.14. The fraction of sp³-hybridized carbons (Fsp3) is 0.692. The van der Waals surface area contributed by atoms with Gasteiger partial charge < -0.3 is 5.32 Å². The molecule has 1 aliphatic carbocycles. The molecule has 1 unspecified atom stereocenters. The molecule has 1 saturated carbocycles. The van der Waals surface area contributed by atoms with Crippen molar-refractivity contribution in [1.82, 2.24) is 15.3 Å². The molecule has 1 aliphatic rings. The summed E-state index contributed by atoms with van der Waals surface area (Å²) < 4.78 is 0. The van der Waals surface area contributed by atoms with Crippen LogP contribution in [0, 0.1) is 6.92 Å². The van der Waals surface area contributed by atoms with Gasteiger partial charge in [0, 0.05) is 28.9 Å². The molecule has 1 N–H and O–H groups in total. The molecule has 3 heteroatoms. The number of rotatable bonds is 4. The van der Waals surface area contributed by atoms with Crippen molar-refractivity contribution in [2.75, 3.05) is 6.54 Å². The average Bonchev–Trinajstić information content (AvgIpc) is 2.98. The number of aryl methyl sites for hydroxylation is 1. The molecule has 2 rings (SSSR count). The van der Waals surface area contributed by atoms with Crippen molar-refractivity contribution in [3.8, 4) is 0 Å². The third kappa shape index (κ3) is 2.09. The smallest absolute Gasteiger partial charge is 0.134 e. The topological polar surface area (TPSA) is 37.8 Å². The van der Waals surface area contributed by atoms with Crippen molar-refractivity contribution in [3.63, 3.8) is 0 Å². The van der Waals surface area contributed by atoms with Crippen molar-refractivity contribution in [3.05, 3.63) is 23.3 Å². The highest BCUT2D eigenvalue weighted by atomic mass is 14.9. The lowest BCUT2D eigenvalue weighted by atomic mass is 10.1. The summed E-state index contributed by atoms with van der Waals surface area (Å²) in [5.74, 6) is 1.03. The van der Waals surface area contributed by atoms with E-state index in [0.717, 1.165) is 18.1 Å². The van der Waals surface area contributed by atoms with E-state index in [1.165, 1.54) is 18.4 Å². The van der Waals surface area contributed by atoms with E-state index in [0.29, 0.717) is 6.04 Å². The predicted octanol–water partition coefficient (Wildman–Crippen LogP) is 2.51. The fourth-order valence-corrected chi connectivity index (χ4v) is 2.02. The minimum absolute atomic E-state index is 0.269. The van der Waals surface area contributed by atoms with Gasteiger partial charge in [0.25, 0.3) is 0 Å². The summed E-state index contributed by atoms with van der Waals surface area (Å²) in [7, 11) is 0. The van der Waals surface area contributed by atoms with Gasteiger partial charge in [0.15, 0.2) is 0 Å². The predicted molar refractivity (Wildman–Crippen MR) is 65.4 cm³/mol. The molecule has 0 radical (unpaired) electrons. The minimum atomic E-state index is 0.269. The monoisotopic (exact) mass is 219 g/mol. The zero-order valence-corrected chi connectivity index (χ0v) is 10.7. The van der Waals surface area contributed by atoms with Crippen molar-refractivity contribution in [2.45, 2.75) is 52.0 Å². The molecule has 88 valence electrons. The molecule has 3 nitrogen and oxygen atoms in total. The van der Waals surface area contributed by atoms with Crippen LogP contribution in [0.3, 0.4) is 0 Å². The summed E-state index contributed by atoms with van der Waals surface area (Å²) >= 11 is 0. The summed E-state index contributed by atoms with van der Waals surface area (Å²) in [6.07, 6.45) is 4.46. The Kier molecular flexibility index (Phi) is 2.98. The molecule has 0 bridgehead atoms. The molecular weight excluding hydrogens is 198 g/mol. The van der Waals surface area contributed by atoms with Gasteiger partial charge in [-0.05, 0) is 33.2 Å². The summed E-state index contributed by atoms with van der Waals surface area (Å²) in [5.41, 5.74) is 2.60. The second kappa shape index (κ2) is 4.13. The summed E-state index contributed by atoms with van der Waals surface area (Å²) in [5, 5.41) is 3.40. The Morgan fingerprint density at radius 3 is 2.69 bits per heavy atom. The molecule has 0 amide bonds. The summed E-state index contributed by atoms with van der Waals surface area (Å²) in [4.78, 5) is 9.18. The summed E-state index contributed by atoms with van der Waals surface area (Å²) in [6, 6.07) is 0.339. The summed E-state index contributed by atoms with van der Waals surface area (Å²) in [6.45, 7) is 9.58. The van der Waals surface area contributed by atoms with Crippen molar-refractivity contribution >= 4 is 0 Å². The molecule has 1 fully saturated rings. The third-order valence-corrected chi connectivity index (χ3v) is 3.53. The quantitative estimate of drug-likeness (QED) is 0.845. The maximum absolute atomic E-state index is 4.66. The maximum atomic E-state index is 4.66. The minimum Gasteiger partial charge on any atom is -0.310 e. The van der Waals surface area contributed by atoms with Crippen LogP contribution in [0.25, 0.3) is 0 Å². The normalized spacial score (nSPS) is 19.5. The zero-order chi connectivity index (χ0) is 11.8. The first-order valence-electron chi connectivity index (χ1n) is 6.14. The molecule has 0 aliphatic heterocycles. The average molecular weight is 219 g/mol. The van der Waals surface area contributed by atoms with Crippen LogP contribution in [0.2, 0.25) is 0 Å². The van der Waals surface area contributed by atoms with E-state index in [1.807, 2.05) is 6.20 Å². The second-order valence-corrected chi connectivity index (χ2v) is 5.07. The van der Waals surface area contributed by atoms with Crippen LogP contribution in [0.5, 0.6) is 0 Å². The van der Waals surface area contributed by atoms with Crippen LogP contribution in [0.1, 0.15) is 56.7 Å². The van der Waals surface area contributed by atoms with E-state index >= 15 is 0 Å². The van der Waals surface area contributed by atoms with Crippen LogP contribution in [0.15, 0.2) is 6.20 Å². The van der Waals surface area contributed by atoms with Gasteiger partial charge in [-0.2, -0.15) is 0 Å². The van der Waals surface area contributed by atoms with Crippen LogP contribution in [-0.2, 0) is 5.41 Å². The highest BCUT2D eigenvalue weighted by Gasteiger charge is 2.42. The highest BCUT2D eigenvalue weighted by molar-refractivity contribution is 5.24. The molecular formula is C13H21N3. The highest BCUT2D eigenvalue weighted by Crippen LogP contribution is 2.45. The van der Waals surface area contributed by atoms with Crippen LogP contribution in [-0.4, -0.2) is 16.5 Å². The van der Waals surface area contributed by atoms with E-state index in [-0.39, 0.29) is 5.41 Å². The number of hydrogen-bond acceptors (Lipinski definition) is 3. The Hall–Kier alpha value is -0.960. The van der Waals surface area contributed by atoms with Crippen LogP contribution in [0.4, 0.5) is 0 Å². The van der Waals surface area contributed by atoms with Gasteiger partial charge in [0.05, 0.1) is 0 Å². The Morgan fingerprint density at radius 2 is 2.19 bits per heavy atom. The van der Waals surface area contributed by atoms with E-state index in [2.05, 4.69) is 43.0 Å². The van der Waals surface area contributed by atoms with E-state index in [1.54, 1.807) is 0 Å². The van der Waals surface area contributed by atoms with Gasteiger partial charge in [0.2, 0.25) is 0 Å². The Labute approximate surface area is 97.7 Å². The molecule has 0 saturated heterocycles. The van der Waals surface area contributed by atoms with E-state index in [9.17, 15) is 0 Å².